The number of nitrogens with zero attached hydrogens (tertiary/aromatic N) is 1. The van der Waals surface area contributed by atoms with Gasteiger partial charge >= 0.3 is 0 Å². The first-order valence-electron chi connectivity index (χ1n) is 5.73. The van der Waals surface area contributed by atoms with Crippen LogP contribution in [-0.4, -0.2) is 10.2 Å². The summed E-state index contributed by atoms with van der Waals surface area (Å²) in [6.07, 6.45) is 1.79. The van der Waals surface area contributed by atoms with Crippen molar-refractivity contribution in [2.75, 3.05) is 5.32 Å². The van der Waals surface area contributed by atoms with Gasteiger partial charge in [0.25, 0.3) is 0 Å². The highest BCUT2D eigenvalue weighted by Gasteiger charge is 1.98. The van der Waals surface area contributed by atoms with Crippen LogP contribution >= 0.6 is 0 Å². The number of hydrogen-bond acceptors (Lipinski definition) is 2. The summed E-state index contributed by atoms with van der Waals surface area (Å²) >= 11 is 0. The molecule has 3 aromatic rings. The highest BCUT2D eigenvalue weighted by molar-refractivity contribution is 5.81. The van der Waals surface area contributed by atoms with Gasteiger partial charge in [-0.2, -0.15) is 5.10 Å². The molecule has 0 aliphatic heterocycles. The van der Waals surface area contributed by atoms with Crippen molar-refractivity contribution in [2.45, 2.75) is 6.54 Å². The molecule has 0 atom stereocenters. The third-order valence-electron chi connectivity index (χ3n) is 2.85. The molecule has 0 bridgehead atoms. The van der Waals surface area contributed by atoms with Crippen molar-refractivity contribution in [1.29, 1.82) is 0 Å². The van der Waals surface area contributed by atoms with Crippen molar-refractivity contribution < 1.29 is 4.39 Å². The summed E-state index contributed by atoms with van der Waals surface area (Å²) in [4.78, 5) is 0. The van der Waals surface area contributed by atoms with E-state index in [0.29, 0.717) is 6.54 Å². The lowest BCUT2D eigenvalue weighted by Gasteiger charge is -2.06. The first kappa shape index (κ1) is 10.8. The van der Waals surface area contributed by atoms with E-state index < -0.39 is 0 Å². The van der Waals surface area contributed by atoms with Gasteiger partial charge in [-0.15, -0.1) is 0 Å². The van der Waals surface area contributed by atoms with Gasteiger partial charge in [0.15, 0.2) is 0 Å². The third-order valence-corrected chi connectivity index (χ3v) is 2.85. The highest BCUT2D eigenvalue weighted by atomic mass is 19.1. The highest BCUT2D eigenvalue weighted by Crippen LogP contribution is 2.17. The summed E-state index contributed by atoms with van der Waals surface area (Å²) in [5.74, 6) is -0.210. The summed E-state index contributed by atoms with van der Waals surface area (Å²) in [5, 5.41) is 11.3. The maximum absolute atomic E-state index is 12.8. The lowest BCUT2D eigenvalue weighted by atomic mass is 10.2. The number of halogens is 1. The molecule has 0 spiro atoms. The molecule has 2 N–H and O–H groups in total. The van der Waals surface area contributed by atoms with Crippen LogP contribution in [0.2, 0.25) is 0 Å². The first-order valence-corrected chi connectivity index (χ1v) is 5.73. The van der Waals surface area contributed by atoms with E-state index in [9.17, 15) is 4.39 Å². The van der Waals surface area contributed by atoms with Gasteiger partial charge in [-0.1, -0.05) is 12.1 Å². The molecule has 0 amide bonds. The van der Waals surface area contributed by atoms with Crippen LogP contribution in [-0.2, 0) is 6.54 Å². The van der Waals surface area contributed by atoms with Crippen LogP contribution in [0.25, 0.3) is 10.9 Å². The monoisotopic (exact) mass is 241 g/mol. The molecule has 0 radical (unpaired) electrons. The molecule has 0 aliphatic rings. The number of anilines is 1. The summed E-state index contributed by atoms with van der Waals surface area (Å²) in [6.45, 7) is 0.670. The summed E-state index contributed by atoms with van der Waals surface area (Å²) in [7, 11) is 0. The fraction of sp³-hybridized carbons (Fsp3) is 0.0714. The third kappa shape index (κ3) is 2.18. The Balaban J connectivity index is 1.74. The Morgan fingerprint density at radius 2 is 1.94 bits per heavy atom. The number of rotatable bonds is 3. The normalized spacial score (nSPS) is 10.7. The molecule has 18 heavy (non-hydrogen) atoms. The van der Waals surface area contributed by atoms with E-state index in [4.69, 9.17) is 0 Å². The number of benzene rings is 2. The van der Waals surface area contributed by atoms with Crippen LogP contribution < -0.4 is 5.32 Å². The topological polar surface area (TPSA) is 40.7 Å². The Bertz CT molecular complexity index is 658. The number of nitrogens with one attached hydrogen (secondary N) is 2. The van der Waals surface area contributed by atoms with Gasteiger partial charge in [0.1, 0.15) is 5.82 Å². The molecule has 0 fully saturated rings. The lowest BCUT2D eigenvalue weighted by molar-refractivity contribution is 0.627. The van der Waals surface area contributed by atoms with Gasteiger partial charge in [0, 0.05) is 17.6 Å². The maximum Gasteiger partial charge on any atom is 0.123 e. The zero-order chi connectivity index (χ0) is 12.4. The van der Waals surface area contributed by atoms with Crippen molar-refractivity contribution in [3.8, 4) is 0 Å². The standard InChI is InChI=1S/C14H12FN3/c15-12-3-1-10(2-4-12)8-16-13-5-6-14-11(7-13)9-17-18-14/h1-7,9,16H,8H2,(H,17,18). The zero-order valence-electron chi connectivity index (χ0n) is 9.65. The molecular weight excluding hydrogens is 229 g/mol. The molecule has 2 aromatic carbocycles. The SMILES string of the molecule is Fc1ccc(CNc2ccc3[nH]ncc3c2)cc1. The molecule has 0 unspecified atom stereocenters. The first-order chi connectivity index (χ1) is 8.81. The molecule has 1 aromatic heterocycles. The Morgan fingerprint density at radius 1 is 1.11 bits per heavy atom. The minimum Gasteiger partial charge on any atom is -0.381 e. The van der Waals surface area contributed by atoms with E-state index in [2.05, 4.69) is 15.5 Å². The quantitative estimate of drug-likeness (QED) is 0.738. The van der Waals surface area contributed by atoms with E-state index in [0.717, 1.165) is 22.2 Å². The Morgan fingerprint density at radius 3 is 2.78 bits per heavy atom. The van der Waals surface area contributed by atoms with E-state index in [1.165, 1.54) is 12.1 Å². The zero-order valence-corrected chi connectivity index (χ0v) is 9.65. The molecule has 3 rings (SSSR count). The summed E-state index contributed by atoms with van der Waals surface area (Å²) in [5.41, 5.74) is 3.08. The Kier molecular flexibility index (Phi) is 2.68. The predicted molar refractivity (Wildman–Crippen MR) is 69.8 cm³/mol. The van der Waals surface area contributed by atoms with Crippen molar-refractivity contribution in [1.82, 2.24) is 10.2 Å². The van der Waals surface area contributed by atoms with Gasteiger partial charge in [-0.25, -0.2) is 4.39 Å². The van der Waals surface area contributed by atoms with Crippen molar-refractivity contribution in [2.24, 2.45) is 0 Å². The maximum atomic E-state index is 12.8. The summed E-state index contributed by atoms with van der Waals surface area (Å²) < 4.78 is 12.8. The van der Waals surface area contributed by atoms with Gasteiger partial charge in [-0.05, 0) is 35.9 Å². The lowest BCUT2D eigenvalue weighted by Crippen LogP contribution is -1.98. The van der Waals surface area contributed by atoms with Crippen LogP contribution in [0.5, 0.6) is 0 Å². The molecule has 90 valence electrons. The molecule has 1 heterocycles. The smallest absolute Gasteiger partial charge is 0.123 e. The van der Waals surface area contributed by atoms with Crippen molar-refractivity contribution in [3.63, 3.8) is 0 Å². The van der Waals surface area contributed by atoms with Gasteiger partial charge in [-0.3, -0.25) is 5.10 Å². The van der Waals surface area contributed by atoms with Crippen molar-refractivity contribution >= 4 is 16.6 Å². The van der Waals surface area contributed by atoms with Gasteiger partial charge in [0.2, 0.25) is 0 Å². The number of fused-ring (bicyclic) bond motifs is 1. The molecule has 0 aliphatic carbocycles. The number of H-pyrrole nitrogens is 1. The molecule has 0 saturated heterocycles. The van der Waals surface area contributed by atoms with E-state index in [-0.39, 0.29) is 5.82 Å². The second-order valence-corrected chi connectivity index (χ2v) is 4.15. The van der Waals surface area contributed by atoms with Gasteiger partial charge < -0.3 is 5.32 Å². The van der Waals surface area contributed by atoms with Crippen LogP contribution in [0.4, 0.5) is 10.1 Å². The largest absolute Gasteiger partial charge is 0.381 e. The van der Waals surface area contributed by atoms with E-state index in [1.54, 1.807) is 18.3 Å². The van der Waals surface area contributed by atoms with Gasteiger partial charge in [0.05, 0.1) is 11.7 Å². The van der Waals surface area contributed by atoms with E-state index in [1.807, 2.05) is 18.2 Å². The van der Waals surface area contributed by atoms with Crippen LogP contribution in [0.15, 0.2) is 48.7 Å². The minimum absolute atomic E-state index is 0.210. The average molecular weight is 241 g/mol. The Hall–Kier alpha value is -2.36. The molecule has 0 saturated carbocycles. The minimum atomic E-state index is -0.210. The van der Waals surface area contributed by atoms with E-state index >= 15 is 0 Å². The fourth-order valence-corrected chi connectivity index (χ4v) is 1.86. The van der Waals surface area contributed by atoms with Crippen molar-refractivity contribution in [3.05, 3.63) is 60.0 Å². The fourth-order valence-electron chi connectivity index (χ4n) is 1.86. The second-order valence-electron chi connectivity index (χ2n) is 4.15. The Labute approximate surface area is 104 Å². The molecular formula is C14H12FN3. The average Bonchev–Trinajstić information content (AvgIpc) is 2.85. The molecule has 4 heteroatoms. The number of aromatic nitrogens is 2. The number of hydrogen-bond donors (Lipinski definition) is 2. The van der Waals surface area contributed by atoms with Crippen LogP contribution in [0, 0.1) is 5.82 Å². The predicted octanol–water partition coefficient (Wildman–Crippen LogP) is 3.31. The summed E-state index contributed by atoms with van der Waals surface area (Å²) in [6, 6.07) is 12.5. The number of aromatic amines is 1. The molecule has 3 nitrogen and oxygen atoms in total. The van der Waals surface area contributed by atoms with Crippen LogP contribution in [0.1, 0.15) is 5.56 Å². The second kappa shape index (κ2) is 4.49. The van der Waals surface area contributed by atoms with Crippen LogP contribution in [0.3, 0.4) is 0 Å².